The van der Waals surface area contributed by atoms with Crippen LogP contribution in [-0.4, -0.2) is 56.1 Å². The van der Waals surface area contributed by atoms with Crippen LogP contribution >= 0.6 is 11.8 Å². The van der Waals surface area contributed by atoms with Gasteiger partial charge in [0.05, 0.1) is 17.2 Å². The van der Waals surface area contributed by atoms with Crippen molar-refractivity contribution >= 4 is 39.3 Å². The summed E-state index contributed by atoms with van der Waals surface area (Å²) >= 11 is 1.50. The Morgan fingerprint density at radius 1 is 0.951 bits per heavy atom. The van der Waals surface area contributed by atoms with E-state index >= 15 is 0 Å². The highest BCUT2D eigenvalue weighted by atomic mass is 32.2. The second-order valence-corrected chi connectivity index (χ2v) is 13.3. The number of carbonyl (C=O) groups excluding carboxylic acids is 2. The van der Waals surface area contributed by atoms with Gasteiger partial charge in [-0.25, -0.2) is 8.42 Å². The van der Waals surface area contributed by atoms with Gasteiger partial charge in [0, 0.05) is 17.0 Å². The summed E-state index contributed by atoms with van der Waals surface area (Å²) < 4.78 is 35.1. The maximum atomic E-state index is 14.1. The number of ether oxygens (including phenoxy) is 1. The van der Waals surface area contributed by atoms with Gasteiger partial charge in [-0.05, 0) is 82.8 Å². The van der Waals surface area contributed by atoms with Crippen molar-refractivity contribution in [2.24, 2.45) is 0 Å². The number of hydrogen-bond donors (Lipinski definition) is 1. The van der Waals surface area contributed by atoms with E-state index in [9.17, 15) is 18.0 Å². The molecule has 1 N–H and O–H groups in total. The van der Waals surface area contributed by atoms with Gasteiger partial charge in [-0.3, -0.25) is 13.9 Å². The summed E-state index contributed by atoms with van der Waals surface area (Å²) in [5.74, 6) is -0.528. The number of para-hydroxylation sites is 2. The predicted molar refractivity (Wildman–Crippen MR) is 165 cm³/mol. The Morgan fingerprint density at radius 2 is 1.56 bits per heavy atom. The molecule has 0 saturated carbocycles. The molecule has 0 radical (unpaired) electrons. The first-order valence-electron chi connectivity index (χ1n) is 13.4. The van der Waals surface area contributed by atoms with Crippen molar-refractivity contribution in [2.75, 3.05) is 23.7 Å². The molecule has 0 spiro atoms. The van der Waals surface area contributed by atoms with Crippen LogP contribution in [0, 0.1) is 0 Å². The average molecular weight is 598 g/mol. The van der Waals surface area contributed by atoms with Crippen molar-refractivity contribution in [3.8, 4) is 5.75 Å². The van der Waals surface area contributed by atoms with Crippen molar-refractivity contribution in [3.05, 3.63) is 84.4 Å². The van der Waals surface area contributed by atoms with Crippen LogP contribution in [0.4, 0.5) is 5.69 Å². The molecule has 0 aliphatic rings. The standard InChI is InChI=1S/C31H39N3O5S2/c1-7-39-28-16-12-11-15-27(28)34(41(37,38)26-19-17-25(40-6)18-20-26)22-29(35)33(21-24-13-9-8-10-14-24)23(2)30(36)32-31(3,4)5/h8-20,23H,7,21-22H2,1-6H3,(H,32,36)/t23-/m0/s1. The Hall–Kier alpha value is -3.50. The van der Waals surface area contributed by atoms with E-state index in [1.165, 1.54) is 28.8 Å². The molecule has 220 valence electrons. The first-order valence-corrected chi connectivity index (χ1v) is 16.1. The molecule has 10 heteroatoms. The number of nitrogens with zero attached hydrogens (tertiary/aromatic N) is 2. The van der Waals surface area contributed by atoms with Gasteiger partial charge in [-0.15, -0.1) is 11.8 Å². The lowest BCUT2D eigenvalue weighted by Gasteiger charge is -2.33. The van der Waals surface area contributed by atoms with E-state index < -0.39 is 34.1 Å². The van der Waals surface area contributed by atoms with Gasteiger partial charge in [0.2, 0.25) is 11.8 Å². The first kappa shape index (κ1) is 32.0. The van der Waals surface area contributed by atoms with Crippen molar-refractivity contribution < 1.29 is 22.7 Å². The monoisotopic (exact) mass is 597 g/mol. The van der Waals surface area contributed by atoms with E-state index in [-0.39, 0.29) is 23.0 Å². The van der Waals surface area contributed by atoms with E-state index in [4.69, 9.17) is 4.74 Å². The summed E-state index contributed by atoms with van der Waals surface area (Å²) in [5.41, 5.74) is 0.540. The molecular formula is C31H39N3O5S2. The topological polar surface area (TPSA) is 96.0 Å². The van der Waals surface area contributed by atoms with E-state index in [0.29, 0.717) is 12.4 Å². The fourth-order valence-electron chi connectivity index (χ4n) is 4.17. The normalized spacial score (nSPS) is 12.3. The molecule has 0 aliphatic carbocycles. The Kier molecular flexibility index (Phi) is 10.9. The SMILES string of the molecule is CCOc1ccccc1N(CC(=O)N(Cc1ccccc1)[C@@H](C)C(=O)NC(C)(C)C)S(=O)(=O)c1ccc(SC)cc1. The molecule has 8 nitrogen and oxygen atoms in total. The highest BCUT2D eigenvalue weighted by molar-refractivity contribution is 7.98. The summed E-state index contributed by atoms with van der Waals surface area (Å²) in [6.45, 7) is 8.95. The van der Waals surface area contributed by atoms with Crippen molar-refractivity contribution in [1.29, 1.82) is 0 Å². The molecule has 0 aliphatic heterocycles. The number of thioether (sulfide) groups is 1. The summed E-state index contributed by atoms with van der Waals surface area (Å²) in [5, 5.41) is 2.93. The largest absolute Gasteiger partial charge is 0.492 e. The highest BCUT2D eigenvalue weighted by Gasteiger charge is 2.34. The van der Waals surface area contributed by atoms with Crippen LogP contribution in [0.2, 0.25) is 0 Å². The molecule has 1 atom stereocenters. The minimum atomic E-state index is -4.20. The quantitative estimate of drug-likeness (QED) is 0.284. The molecule has 41 heavy (non-hydrogen) atoms. The van der Waals surface area contributed by atoms with E-state index in [2.05, 4.69) is 5.32 Å². The predicted octanol–water partition coefficient (Wildman–Crippen LogP) is 5.33. The van der Waals surface area contributed by atoms with Gasteiger partial charge in [0.25, 0.3) is 10.0 Å². The molecule has 3 aromatic rings. The lowest BCUT2D eigenvalue weighted by Crippen LogP contribution is -2.54. The Labute approximate surface area is 248 Å². The van der Waals surface area contributed by atoms with E-state index in [0.717, 1.165) is 14.8 Å². The van der Waals surface area contributed by atoms with Crippen molar-refractivity contribution in [3.63, 3.8) is 0 Å². The lowest BCUT2D eigenvalue weighted by atomic mass is 10.1. The molecule has 0 unspecified atom stereocenters. The summed E-state index contributed by atoms with van der Waals surface area (Å²) in [7, 11) is -4.20. The summed E-state index contributed by atoms with van der Waals surface area (Å²) in [6.07, 6.45) is 1.91. The number of anilines is 1. The molecule has 3 rings (SSSR count). The molecule has 0 bridgehead atoms. The smallest absolute Gasteiger partial charge is 0.264 e. The summed E-state index contributed by atoms with van der Waals surface area (Å²) in [6, 6.07) is 21.7. The zero-order valence-electron chi connectivity index (χ0n) is 24.5. The minimum Gasteiger partial charge on any atom is -0.492 e. The third-order valence-electron chi connectivity index (χ3n) is 6.22. The van der Waals surface area contributed by atoms with Gasteiger partial charge in [-0.2, -0.15) is 0 Å². The fraction of sp³-hybridized carbons (Fsp3) is 0.355. The van der Waals surface area contributed by atoms with Crippen LogP contribution < -0.4 is 14.4 Å². The maximum Gasteiger partial charge on any atom is 0.264 e. The van der Waals surface area contributed by atoms with Gasteiger partial charge in [0.15, 0.2) is 0 Å². The first-order chi connectivity index (χ1) is 19.4. The number of nitrogens with one attached hydrogen (secondary N) is 1. The van der Waals surface area contributed by atoms with Gasteiger partial charge >= 0.3 is 0 Å². The second kappa shape index (κ2) is 13.9. The molecule has 0 aromatic heterocycles. The Bertz CT molecular complexity index is 1420. The Balaban J connectivity index is 2.08. The number of rotatable bonds is 12. The number of sulfonamides is 1. The fourth-order valence-corrected chi connectivity index (χ4v) is 6.00. The van der Waals surface area contributed by atoms with E-state index in [1.54, 1.807) is 50.2 Å². The van der Waals surface area contributed by atoms with Gasteiger partial charge in [-0.1, -0.05) is 42.5 Å². The highest BCUT2D eigenvalue weighted by Crippen LogP contribution is 2.33. The van der Waals surface area contributed by atoms with Crippen LogP contribution in [0.25, 0.3) is 0 Å². The summed E-state index contributed by atoms with van der Waals surface area (Å²) in [4.78, 5) is 29.7. The van der Waals surface area contributed by atoms with Crippen LogP contribution in [0.15, 0.2) is 88.7 Å². The molecule has 0 fully saturated rings. The van der Waals surface area contributed by atoms with Crippen LogP contribution in [0.1, 0.15) is 40.2 Å². The van der Waals surface area contributed by atoms with E-state index in [1.807, 2.05) is 57.4 Å². The average Bonchev–Trinajstić information content (AvgIpc) is 2.94. The third-order valence-corrected chi connectivity index (χ3v) is 8.74. The molecule has 0 saturated heterocycles. The lowest BCUT2D eigenvalue weighted by molar-refractivity contribution is -0.140. The van der Waals surface area contributed by atoms with Crippen molar-refractivity contribution in [1.82, 2.24) is 10.2 Å². The molecule has 2 amide bonds. The third kappa shape index (κ3) is 8.50. The number of benzene rings is 3. The number of hydrogen-bond acceptors (Lipinski definition) is 6. The number of carbonyl (C=O) groups is 2. The molecule has 0 heterocycles. The van der Waals surface area contributed by atoms with Crippen LogP contribution in [-0.2, 0) is 26.2 Å². The van der Waals surface area contributed by atoms with Gasteiger partial charge < -0.3 is 15.0 Å². The van der Waals surface area contributed by atoms with Crippen molar-refractivity contribution in [2.45, 2.75) is 62.5 Å². The minimum absolute atomic E-state index is 0.0440. The number of amides is 2. The zero-order chi connectivity index (χ0) is 30.2. The Morgan fingerprint density at radius 3 is 2.15 bits per heavy atom. The zero-order valence-corrected chi connectivity index (χ0v) is 26.1. The van der Waals surface area contributed by atoms with Crippen LogP contribution in [0.5, 0.6) is 5.75 Å². The van der Waals surface area contributed by atoms with Gasteiger partial charge in [0.1, 0.15) is 18.3 Å². The molecular weight excluding hydrogens is 558 g/mol. The maximum absolute atomic E-state index is 14.1. The molecule has 3 aromatic carbocycles. The van der Waals surface area contributed by atoms with Crippen LogP contribution in [0.3, 0.4) is 0 Å². The second-order valence-electron chi connectivity index (χ2n) is 10.5.